The summed E-state index contributed by atoms with van der Waals surface area (Å²) in [5, 5.41) is 0.399. The van der Waals surface area contributed by atoms with E-state index in [0.29, 0.717) is 16.9 Å². The molecule has 0 N–H and O–H groups in total. The van der Waals surface area contributed by atoms with Crippen molar-refractivity contribution in [3.05, 3.63) is 33.8 Å². The van der Waals surface area contributed by atoms with Gasteiger partial charge in [-0.25, -0.2) is 0 Å². The van der Waals surface area contributed by atoms with Gasteiger partial charge < -0.3 is 4.74 Å². The van der Waals surface area contributed by atoms with Crippen molar-refractivity contribution in [2.75, 3.05) is 7.11 Å². The van der Waals surface area contributed by atoms with Gasteiger partial charge in [-0.1, -0.05) is 11.6 Å². The summed E-state index contributed by atoms with van der Waals surface area (Å²) in [5.74, 6) is -0.336. The Kier molecular flexibility index (Phi) is 3.86. The van der Waals surface area contributed by atoms with Gasteiger partial charge in [0, 0.05) is 5.56 Å². The summed E-state index contributed by atoms with van der Waals surface area (Å²) >= 11 is 5.82. The van der Waals surface area contributed by atoms with Gasteiger partial charge in [0.15, 0.2) is 6.29 Å². The molecule has 4 heteroatoms. The Morgan fingerprint density at radius 3 is 2.73 bits per heavy atom. The second kappa shape index (κ2) is 4.94. The van der Waals surface area contributed by atoms with Gasteiger partial charge in [0.2, 0.25) is 0 Å². The second-order valence-corrected chi connectivity index (χ2v) is 3.58. The standard InChI is InChI=1S/C11H11ClO3/c1-7-3-10(12)9(6-13)4-8(7)5-11(14)15-2/h3-4,6H,5H2,1-2H3. The average molecular weight is 227 g/mol. The molecule has 1 rings (SSSR count). The first-order chi connectivity index (χ1) is 7.08. The first-order valence-corrected chi connectivity index (χ1v) is 4.77. The fourth-order valence-corrected chi connectivity index (χ4v) is 1.51. The molecule has 0 aromatic heterocycles. The van der Waals surface area contributed by atoms with Gasteiger partial charge in [-0.15, -0.1) is 0 Å². The van der Waals surface area contributed by atoms with Crippen molar-refractivity contribution in [3.8, 4) is 0 Å². The van der Waals surface area contributed by atoms with Crippen LogP contribution in [0.1, 0.15) is 21.5 Å². The maximum atomic E-state index is 11.1. The summed E-state index contributed by atoms with van der Waals surface area (Å²) in [6.45, 7) is 1.83. The highest BCUT2D eigenvalue weighted by atomic mass is 35.5. The van der Waals surface area contributed by atoms with Crippen molar-refractivity contribution >= 4 is 23.9 Å². The van der Waals surface area contributed by atoms with Crippen LogP contribution in [0.3, 0.4) is 0 Å². The Morgan fingerprint density at radius 1 is 1.53 bits per heavy atom. The van der Waals surface area contributed by atoms with Crippen LogP contribution in [0, 0.1) is 6.92 Å². The molecule has 0 radical (unpaired) electrons. The summed E-state index contributed by atoms with van der Waals surface area (Å²) in [5.41, 5.74) is 2.02. The minimum atomic E-state index is -0.336. The number of carbonyl (C=O) groups is 2. The van der Waals surface area contributed by atoms with Gasteiger partial charge in [0.25, 0.3) is 0 Å². The number of esters is 1. The van der Waals surface area contributed by atoms with Crippen LogP contribution in [0.5, 0.6) is 0 Å². The normalized spacial score (nSPS) is 9.80. The lowest BCUT2D eigenvalue weighted by Crippen LogP contribution is -2.06. The highest BCUT2D eigenvalue weighted by molar-refractivity contribution is 6.33. The monoisotopic (exact) mass is 226 g/mol. The number of benzene rings is 1. The lowest BCUT2D eigenvalue weighted by molar-refractivity contribution is -0.139. The van der Waals surface area contributed by atoms with Crippen molar-refractivity contribution in [2.24, 2.45) is 0 Å². The van der Waals surface area contributed by atoms with E-state index in [9.17, 15) is 9.59 Å². The molecule has 0 aliphatic carbocycles. The number of aldehydes is 1. The van der Waals surface area contributed by atoms with E-state index in [4.69, 9.17) is 11.6 Å². The number of hydrogen-bond donors (Lipinski definition) is 0. The molecule has 0 atom stereocenters. The molecule has 0 bridgehead atoms. The molecule has 0 aliphatic heterocycles. The number of halogens is 1. The highest BCUT2D eigenvalue weighted by Gasteiger charge is 2.09. The van der Waals surface area contributed by atoms with Crippen LogP contribution in [0.4, 0.5) is 0 Å². The van der Waals surface area contributed by atoms with E-state index >= 15 is 0 Å². The van der Waals surface area contributed by atoms with E-state index in [2.05, 4.69) is 4.74 Å². The molecule has 0 unspecified atom stereocenters. The molecule has 0 spiro atoms. The molecule has 0 fully saturated rings. The molecule has 0 saturated heterocycles. The number of methoxy groups -OCH3 is 1. The second-order valence-electron chi connectivity index (χ2n) is 3.17. The van der Waals surface area contributed by atoms with E-state index < -0.39 is 0 Å². The van der Waals surface area contributed by atoms with Gasteiger partial charge in [-0.2, -0.15) is 0 Å². The summed E-state index contributed by atoms with van der Waals surface area (Å²) in [7, 11) is 1.33. The fraction of sp³-hybridized carbons (Fsp3) is 0.273. The first-order valence-electron chi connectivity index (χ1n) is 4.39. The number of hydrogen-bond acceptors (Lipinski definition) is 3. The Bertz CT molecular complexity index is 399. The van der Waals surface area contributed by atoms with Gasteiger partial charge in [0.1, 0.15) is 0 Å². The van der Waals surface area contributed by atoms with Crippen molar-refractivity contribution in [3.63, 3.8) is 0 Å². The maximum absolute atomic E-state index is 11.1. The van der Waals surface area contributed by atoms with Gasteiger partial charge >= 0.3 is 5.97 Å². The lowest BCUT2D eigenvalue weighted by Gasteiger charge is -2.06. The van der Waals surface area contributed by atoms with E-state index in [0.717, 1.165) is 11.1 Å². The van der Waals surface area contributed by atoms with Gasteiger partial charge in [-0.3, -0.25) is 9.59 Å². The minimum Gasteiger partial charge on any atom is -0.469 e. The Morgan fingerprint density at radius 2 is 2.20 bits per heavy atom. The van der Waals surface area contributed by atoms with E-state index in [1.54, 1.807) is 12.1 Å². The van der Waals surface area contributed by atoms with Crippen molar-refractivity contribution < 1.29 is 14.3 Å². The summed E-state index contributed by atoms with van der Waals surface area (Å²) in [6, 6.07) is 3.28. The fourth-order valence-electron chi connectivity index (χ4n) is 1.25. The van der Waals surface area contributed by atoms with E-state index in [1.165, 1.54) is 7.11 Å². The SMILES string of the molecule is COC(=O)Cc1cc(C=O)c(Cl)cc1C. The van der Waals surface area contributed by atoms with Crippen LogP contribution in [-0.2, 0) is 16.0 Å². The molecule has 0 amide bonds. The minimum absolute atomic E-state index is 0.153. The van der Waals surface area contributed by atoms with Crippen LogP contribution in [-0.4, -0.2) is 19.4 Å². The molecule has 3 nitrogen and oxygen atoms in total. The third-order valence-corrected chi connectivity index (χ3v) is 2.47. The molecule has 0 saturated carbocycles. The molecular formula is C11H11ClO3. The number of rotatable bonds is 3. The van der Waals surface area contributed by atoms with E-state index in [1.807, 2.05) is 6.92 Å². The number of aryl methyl sites for hydroxylation is 1. The Hall–Kier alpha value is -1.35. The van der Waals surface area contributed by atoms with Crippen LogP contribution in [0.2, 0.25) is 5.02 Å². The molecule has 0 aliphatic rings. The zero-order chi connectivity index (χ0) is 11.4. The van der Waals surface area contributed by atoms with Crippen molar-refractivity contribution in [2.45, 2.75) is 13.3 Å². The molecule has 15 heavy (non-hydrogen) atoms. The topological polar surface area (TPSA) is 43.4 Å². The van der Waals surface area contributed by atoms with E-state index in [-0.39, 0.29) is 12.4 Å². The predicted octanol–water partition coefficient (Wildman–Crippen LogP) is 2.18. The molecule has 1 aromatic rings. The maximum Gasteiger partial charge on any atom is 0.309 e. The summed E-state index contributed by atoms with van der Waals surface area (Å²) < 4.78 is 4.55. The van der Waals surface area contributed by atoms with Gasteiger partial charge in [-0.05, 0) is 30.2 Å². The van der Waals surface area contributed by atoms with Crippen molar-refractivity contribution in [1.82, 2.24) is 0 Å². The average Bonchev–Trinajstić information content (AvgIpc) is 2.21. The molecule has 80 valence electrons. The molecule has 0 heterocycles. The van der Waals surface area contributed by atoms with Crippen LogP contribution >= 0.6 is 11.6 Å². The zero-order valence-corrected chi connectivity index (χ0v) is 9.30. The van der Waals surface area contributed by atoms with Gasteiger partial charge in [0.05, 0.1) is 18.6 Å². The number of ether oxygens (including phenoxy) is 1. The highest BCUT2D eigenvalue weighted by Crippen LogP contribution is 2.20. The Labute approximate surface area is 93.0 Å². The largest absolute Gasteiger partial charge is 0.469 e. The number of carbonyl (C=O) groups excluding carboxylic acids is 2. The molecular weight excluding hydrogens is 216 g/mol. The predicted molar refractivity (Wildman–Crippen MR) is 57.3 cm³/mol. The summed E-state index contributed by atoms with van der Waals surface area (Å²) in [6.07, 6.45) is 0.822. The van der Waals surface area contributed by atoms with Crippen LogP contribution in [0.15, 0.2) is 12.1 Å². The third kappa shape index (κ3) is 2.80. The quantitative estimate of drug-likeness (QED) is 0.586. The third-order valence-electron chi connectivity index (χ3n) is 2.14. The lowest BCUT2D eigenvalue weighted by atomic mass is 10.0. The van der Waals surface area contributed by atoms with Crippen molar-refractivity contribution in [1.29, 1.82) is 0 Å². The van der Waals surface area contributed by atoms with Crippen LogP contribution in [0.25, 0.3) is 0 Å². The Balaban J connectivity index is 3.07. The zero-order valence-electron chi connectivity index (χ0n) is 8.54. The molecule has 1 aromatic carbocycles. The van der Waals surface area contributed by atoms with Crippen LogP contribution < -0.4 is 0 Å². The smallest absolute Gasteiger partial charge is 0.309 e. The first kappa shape index (κ1) is 11.7. The summed E-state index contributed by atoms with van der Waals surface area (Å²) in [4.78, 5) is 21.7.